The van der Waals surface area contributed by atoms with Gasteiger partial charge >= 0.3 is 6.18 Å². The van der Waals surface area contributed by atoms with Crippen molar-refractivity contribution >= 4 is 27.5 Å². The summed E-state index contributed by atoms with van der Waals surface area (Å²) in [5.74, 6) is 0.636. The summed E-state index contributed by atoms with van der Waals surface area (Å²) in [6.07, 6.45) is -2.46. The highest BCUT2D eigenvalue weighted by Crippen LogP contribution is 2.47. The van der Waals surface area contributed by atoms with Crippen LogP contribution in [-0.4, -0.2) is 20.0 Å². The van der Waals surface area contributed by atoms with Gasteiger partial charge in [-0.05, 0) is 46.5 Å². The highest BCUT2D eigenvalue weighted by molar-refractivity contribution is 9.10. The molecular formula is C17H13BrClF3N4O. The van der Waals surface area contributed by atoms with Gasteiger partial charge in [-0.15, -0.1) is 10.2 Å². The number of hydrogen-bond acceptors (Lipinski definition) is 4. The van der Waals surface area contributed by atoms with E-state index in [1.165, 1.54) is 4.68 Å². The minimum atomic E-state index is -4.53. The van der Waals surface area contributed by atoms with E-state index in [2.05, 4.69) is 31.2 Å². The van der Waals surface area contributed by atoms with Crippen LogP contribution in [-0.2, 0) is 19.1 Å². The zero-order valence-corrected chi connectivity index (χ0v) is 16.1. The van der Waals surface area contributed by atoms with Gasteiger partial charge in [0.1, 0.15) is 6.54 Å². The standard InChI is InChI=1S/C17H13BrClF3N4O/c18-14-15(10-4-5-10)26(25-16(14)17(20,21)22)8-13-24-23-12(27-13)7-9-2-1-3-11(19)6-9/h1-3,6,10H,4-5,7-8H2. The van der Waals surface area contributed by atoms with Crippen LogP contribution in [0.15, 0.2) is 33.2 Å². The highest BCUT2D eigenvalue weighted by atomic mass is 79.9. The first-order chi connectivity index (χ1) is 12.8. The van der Waals surface area contributed by atoms with Crippen LogP contribution in [0.25, 0.3) is 0 Å². The molecule has 0 amide bonds. The van der Waals surface area contributed by atoms with Crippen molar-refractivity contribution in [1.29, 1.82) is 0 Å². The molecule has 10 heteroatoms. The molecule has 0 saturated heterocycles. The average molecular weight is 462 g/mol. The summed E-state index contributed by atoms with van der Waals surface area (Å²) in [5, 5.41) is 12.3. The van der Waals surface area contributed by atoms with Crippen LogP contribution < -0.4 is 0 Å². The molecule has 2 heterocycles. The van der Waals surface area contributed by atoms with Crippen LogP contribution in [0.2, 0.25) is 5.02 Å². The Kier molecular flexibility index (Phi) is 4.75. The number of hydrogen-bond donors (Lipinski definition) is 0. The average Bonchev–Trinajstić information content (AvgIpc) is 3.22. The molecule has 5 nitrogen and oxygen atoms in total. The monoisotopic (exact) mass is 460 g/mol. The molecule has 0 spiro atoms. The van der Waals surface area contributed by atoms with Crippen molar-refractivity contribution in [2.45, 2.75) is 37.9 Å². The second kappa shape index (κ2) is 6.94. The van der Waals surface area contributed by atoms with Gasteiger partial charge in [-0.25, -0.2) is 0 Å². The van der Waals surface area contributed by atoms with Gasteiger partial charge in [0.25, 0.3) is 0 Å². The van der Waals surface area contributed by atoms with Gasteiger partial charge in [0.05, 0.1) is 16.6 Å². The molecule has 1 saturated carbocycles. The fourth-order valence-corrected chi connectivity index (χ4v) is 3.92. The maximum atomic E-state index is 13.2. The molecule has 0 atom stereocenters. The summed E-state index contributed by atoms with van der Waals surface area (Å²) in [4.78, 5) is 0. The minimum absolute atomic E-state index is 0.00355. The van der Waals surface area contributed by atoms with Crippen molar-refractivity contribution in [3.8, 4) is 0 Å². The fourth-order valence-electron chi connectivity index (χ4n) is 2.87. The van der Waals surface area contributed by atoms with Crippen molar-refractivity contribution in [3.63, 3.8) is 0 Å². The second-order valence-electron chi connectivity index (χ2n) is 6.37. The molecule has 4 rings (SSSR count). The molecule has 142 valence electrons. The summed E-state index contributed by atoms with van der Waals surface area (Å²) in [5.41, 5.74) is 0.498. The molecule has 0 bridgehead atoms. The first-order valence-corrected chi connectivity index (χ1v) is 9.37. The minimum Gasteiger partial charge on any atom is -0.423 e. The number of rotatable bonds is 5. The first kappa shape index (κ1) is 18.5. The lowest BCUT2D eigenvalue weighted by atomic mass is 10.1. The zero-order chi connectivity index (χ0) is 19.2. The van der Waals surface area contributed by atoms with E-state index in [4.69, 9.17) is 16.0 Å². The van der Waals surface area contributed by atoms with E-state index >= 15 is 0 Å². The number of benzene rings is 1. The van der Waals surface area contributed by atoms with Crippen molar-refractivity contribution in [2.75, 3.05) is 0 Å². The largest absolute Gasteiger partial charge is 0.436 e. The van der Waals surface area contributed by atoms with E-state index in [0.717, 1.165) is 18.4 Å². The van der Waals surface area contributed by atoms with Crippen LogP contribution in [0.5, 0.6) is 0 Å². The topological polar surface area (TPSA) is 56.7 Å². The second-order valence-corrected chi connectivity index (χ2v) is 7.60. The van der Waals surface area contributed by atoms with E-state index in [0.29, 0.717) is 23.0 Å². The predicted molar refractivity (Wildman–Crippen MR) is 94.6 cm³/mol. The van der Waals surface area contributed by atoms with Crippen LogP contribution in [0.1, 0.15) is 47.5 Å². The molecule has 2 aromatic heterocycles. The molecular weight excluding hydrogens is 449 g/mol. The Morgan fingerprint density at radius 2 is 1.96 bits per heavy atom. The van der Waals surface area contributed by atoms with Crippen LogP contribution in [0.4, 0.5) is 13.2 Å². The normalized spacial score (nSPS) is 14.7. The lowest BCUT2D eigenvalue weighted by molar-refractivity contribution is -0.142. The van der Waals surface area contributed by atoms with E-state index in [1.807, 2.05) is 12.1 Å². The molecule has 1 aromatic carbocycles. The third-order valence-corrected chi connectivity index (χ3v) is 5.22. The number of alkyl halides is 3. The lowest BCUT2D eigenvalue weighted by Gasteiger charge is -2.03. The molecule has 1 aliphatic carbocycles. The summed E-state index contributed by atoms with van der Waals surface area (Å²) < 4.78 is 46.4. The number of aromatic nitrogens is 4. The van der Waals surface area contributed by atoms with Crippen molar-refractivity contribution in [1.82, 2.24) is 20.0 Å². The van der Waals surface area contributed by atoms with Crippen LogP contribution in [0.3, 0.4) is 0 Å². The van der Waals surface area contributed by atoms with E-state index < -0.39 is 11.9 Å². The summed E-state index contributed by atoms with van der Waals surface area (Å²) in [7, 11) is 0. The molecule has 27 heavy (non-hydrogen) atoms. The number of nitrogens with zero attached hydrogens (tertiary/aromatic N) is 4. The van der Waals surface area contributed by atoms with Gasteiger partial charge in [0.2, 0.25) is 11.8 Å². The van der Waals surface area contributed by atoms with Gasteiger partial charge in [0, 0.05) is 10.9 Å². The summed E-state index contributed by atoms with van der Waals surface area (Å²) in [6, 6.07) is 7.24. The third-order valence-electron chi connectivity index (χ3n) is 4.20. The molecule has 3 aromatic rings. The Morgan fingerprint density at radius 1 is 1.22 bits per heavy atom. The first-order valence-electron chi connectivity index (χ1n) is 8.20. The van der Waals surface area contributed by atoms with Crippen molar-refractivity contribution in [3.05, 3.63) is 62.5 Å². The van der Waals surface area contributed by atoms with E-state index in [-0.39, 0.29) is 22.8 Å². The maximum absolute atomic E-state index is 13.2. The predicted octanol–water partition coefficient (Wildman–Crippen LogP) is 5.22. The molecule has 1 aliphatic rings. The Morgan fingerprint density at radius 3 is 2.63 bits per heavy atom. The van der Waals surface area contributed by atoms with Crippen molar-refractivity contribution < 1.29 is 17.6 Å². The zero-order valence-electron chi connectivity index (χ0n) is 13.8. The Bertz CT molecular complexity index is 981. The van der Waals surface area contributed by atoms with Gasteiger partial charge < -0.3 is 4.42 Å². The molecule has 1 fully saturated rings. The quantitative estimate of drug-likeness (QED) is 0.523. The molecule has 0 N–H and O–H groups in total. The maximum Gasteiger partial charge on any atom is 0.436 e. The summed E-state index contributed by atoms with van der Waals surface area (Å²) in [6.45, 7) is -0.0109. The molecule has 0 unspecified atom stereocenters. The SMILES string of the molecule is FC(F)(F)c1nn(Cc2nnc(Cc3cccc(Cl)c3)o2)c(C2CC2)c1Br. The third kappa shape index (κ3) is 4.03. The van der Waals surface area contributed by atoms with Crippen LogP contribution in [0, 0.1) is 0 Å². The van der Waals surface area contributed by atoms with Gasteiger partial charge in [-0.1, -0.05) is 23.7 Å². The highest BCUT2D eigenvalue weighted by Gasteiger charge is 2.41. The number of halogens is 5. The van der Waals surface area contributed by atoms with Gasteiger partial charge in [-0.2, -0.15) is 18.3 Å². The molecule has 0 radical (unpaired) electrons. The smallest absolute Gasteiger partial charge is 0.423 e. The van der Waals surface area contributed by atoms with Crippen molar-refractivity contribution in [2.24, 2.45) is 0 Å². The molecule has 0 aliphatic heterocycles. The fraction of sp³-hybridized carbons (Fsp3) is 0.353. The Balaban J connectivity index is 1.57. The van der Waals surface area contributed by atoms with Crippen LogP contribution >= 0.6 is 27.5 Å². The lowest BCUT2D eigenvalue weighted by Crippen LogP contribution is -2.10. The van der Waals surface area contributed by atoms with Gasteiger partial charge in [-0.3, -0.25) is 4.68 Å². The van der Waals surface area contributed by atoms with E-state index in [9.17, 15) is 13.2 Å². The van der Waals surface area contributed by atoms with E-state index in [1.54, 1.807) is 12.1 Å². The Labute approximate surface area is 165 Å². The Hall–Kier alpha value is -1.87. The van der Waals surface area contributed by atoms with Gasteiger partial charge in [0.15, 0.2) is 5.69 Å². The summed E-state index contributed by atoms with van der Waals surface area (Å²) >= 11 is 9.02.